The SMILES string of the molecule is CS(=O)(=O)NCCNC(=O)c1n[nH]c2c1CCN(C(=O)c1ccccc1)C2. The van der Waals surface area contributed by atoms with Crippen molar-refractivity contribution in [3.05, 3.63) is 52.8 Å². The molecular weight excluding hydrogens is 370 g/mol. The van der Waals surface area contributed by atoms with E-state index in [2.05, 4.69) is 20.2 Å². The molecule has 0 saturated carbocycles. The molecule has 3 N–H and O–H groups in total. The fourth-order valence-corrected chi connectivity index (χ4v) is 3.41. The molecule has 1 aliphatic heterocycles. The average Bonchev–Trinajstić information content (AvgIpc) is 3.07. The molecule has 27 heavy (non-hydrogen) atoms. The summed E-state index contributed by atoms with van der Waals surface area (Å²) in [4.78, 5) is 26.6. The van der Waals surface area contributed by atoms with Gasteiger partial charge in [-0.2, -0.15) is 5.10 Å². The minimum absolute atomic E-state index is 0.0614. The van der Waals surface area contributed by atoms with Gasteiger partial charge in [-0.3, -0.25) is 14.7 Å². The fraction of sp³-hybridized carbons (Fsp3) is 0.353. The number of hydrogen-bond donors (Lipinski definition) is 3. The topological polar surface area (TPSA) is 124 Å². The van der Waals surface area contributed by atoms with E-state index in [-0.39, 0.29) is 30.6 Å². The van der Waals surface area contributed by atoms with Crippen LogP contribution in [0.15, 0.2) is 30.3 Å². The van der Waals surface area contributed by atoms with E-state index in [0.717, 1.165) is 17.5 Å². The third kappa shape index (κ3) is 4.72. The molecule has 10 heteroatoms. The minimum Gasteiger partial charge on any atom is -0.349 e. The summed E-state index contributed by atoms with van der Waals surface area (Å²) in [5.74, 6) is -0.431. The monoisotopic (exact) mass is 391 g/mol. The summed E-state index contributed by atoms with van der Waals surface area (Å²) in [5, 5.41) is 9.56. The van der Waals surface area contributed by atoms with Crippen molar-refractivity contribution >= 4 is 21.8 Å². The standard InChI is InChI=1S/C17H21N5O4S/c1-27(25,26)19-9-8-18-16(23)15-13-7-10-22(11-14(13)20-21-15)17(24)12-5-3-2-4-6-12/h2-6,19H,7-11H2,1H3,(H,18,23)(H,20,21). The molecule has 0 fully saturated rings. The van der Waals surface area contributed by atoms with E-state index in [4.69, 9.17) is 0 Å². The molecule has 0 unspecified atom stereocenters. The van der Waals surface area contributed by atoms with E-state index < -0.39 is 10.0 Å². The third-order valence-electron chi connectivity index (χ3n) is 4.23. The Labute approximate surface area is 157 Å². The zero-order valence-corrected chi connectivity index (χ0v) is 15.7. The summed E-state index contributed by atoms with van der Waals surface area (Å²) < 4.78 is 24.3. The first-order valence-corrected chi connectivity index (χ1v) is 10.4. The van der Waals surface area contributed by atoms with Crippen LogP contribution in [0.1, 0.15) is 32.1 Å². The number of fused-ring (bicyclic) bond motifs is 1. The lowest BCUT2D eigenvalue weighted by atomic mass is 10.0. The lowest BCUT2D eigenvalue weighted by molar-refractivity contribution is 0.0732. The van der Waals surface area contributed by atoms with Gasteiger partial charge in [0, 0.05) is 30.8 Å². The molecule has 2 amide bonds. The molecule has 0 radical (unpaired) electrons. The van der Waals surface area contributed by atoms with Crippen LogP contribution in [-0.2, 0) is 23.0 Å². The second-order valence-corrected chi connectivity index (χ2v) is 8.13. The molecule has 3 rings (SSSR count). The first-order chi connectivity index (χ1) is 12.8. The van der Waals surface area contributed by atoms with Crippen LogP contribution in [0.4, 0.5) is 0 Å². The minimum atomic E-state index is -3.29. The van der Waals surface area contributed by atoms with Gasteiger partial charge in [0.1, 0.15) is 0 Å². The number of amides is 2. The molecule has 144 valence electrons. The predicted molar refractivity (Wildman–Crippen MR) is 98.7 cm³/mol. The van der Waals surface area contributed by atoms with Crippen molar-refractivity contribution in [3.8, 4) is 0 Å². The number of carbonyl (C=O) groups excluding carboxylic acids is 2. The van der Waals surface area contributed by atoms with Crippen molar-refractivity contribution in [2.24, 2.45) is 0 Å². The smallest absolute Gasteiger partial charge is 0.272 e. The molecule has 9 nitrogen and oxygen atoms in total. The number of nitrogens with zero attached hydrogens (tertiary/aromatic N) is 2. The van der Waals surface area contributed by atoms with Crippen molar-refractivity contribution < 1.29 is 18.0 Å². The van der Waals surface area contributed by atoms with Gasteiger partial charge in [-0.15, -0.1) is 0 Å². The zero-order valence-electron chi connectivity index (χ0n) is 14.9. The summed E-state index contributed by atoms with van der Waals surface area (Å²) in [6.07, 6.45) is 1.58. The first kappa shape index (κ1) is 19.1. The van der Waals surface area contributed by atoms with E-state index in [0.29, 0.717) is 25.1 Å². The molecule has 0 aliphatic carbocycles. The molecule has 2 aromatic rings. The highest BCUT2D eigenvalue weighted by Gasteiger charge is 2.27. The quantitative estimate of drug-likeness (QED) is 0.593. The molecule has 1 aromatic carbocycles. The van der Waals surface area contributed by atoms with Gasteiger partial charge in [0.2, 0.25) is 10.0 Å². The van der Waals surface area contributed by atoms with Gasteiger partial charge in [0.05, 0.1) is 18.5 Å². The van der Waals surface area contributed by atoms with Gasteiger partial charge < -0.3 is 10.2 Å². The van der Waals surface area contributed by atoms with Crippen LogP contribution >= 0.6 is 0 Å². The Kier molecular flexibility index (Phi) is 5.57. The van der Waals surface area contributed by atoms with E-state index in [9.17, 15) is 18.0 Å². The van der Waals surface area contributed by atoms with Crippen LogP contribution < -0.4 is 10.0 Å². The Morgan fingerprint density at radius 1 is 1.22 bits per heavy atom. The average molecular weight is 391 g/mol. The molecule has 2 heterocycles. The van der Waals surface area contributed by atoms with Crippen LogP contribution in [0, 0.1) is 0 Å². The molecule has 1 aliphatic rings. The molecule has 0 bridgehead atoms. The predicted octanol–water partition coefficient (Wildman–Crippen LogP) is -0.113. The number of rotatable bonds is 6. The van der Waals surface area contributed by atoms with E-state index >= 15 is 0 Å². The third-order valence-corrected chi connectivity index (χ3v) is 4.96. The highest BCUT2D eigenvalue weighted by Crippen LogP contribution is 2.21. The van der Waals surface area contributed by atoms with Gasteiger partial charge in [0.15, 0.2) is 5.69 Å². The lowest BCUT2D eigenvalue weighted by Crippen LogP contribution is -2.37. The largest absolute Gasteiger partial charge is 0.349 e. The normalized spacial score (nSPS) is 13.9. The van der Waals surface area contributed by atoms with Gasteiger partial charge >= 0.3 is 0 Å². The van der Waals surface area contributed by atoms with Gasteiger partial charge in [-0.25, -0.2) is 13.1 Å². The van der Waals surface area contributed by atoms with Crippen molar-refractivity contribution in [3.63, 3.8) is 0 Å². The number of H-pyrrole nitrogens is 1. The van der Waals surface area contributed by atoms with Crippen LogP contribution in [0.3, 0.4) is 0 Å². The summed E-state index contributed by atoms with van der Waals surface area (Å²) in [5.41, 5.74) is 2.44. The maximum atomic E-state index is 12.6. The van der Waals surface area contributed by atoms with Crippen LogP contribution in [0.25, 0.3) is 0 Å². The Bertz CT molecular complexity index is 939. The van der Waals surface area contributed by atoms with Crippen molar-refractivity contribution in [1.82, 2.24) is 25.1 Å². The van der Waals surface area contributed by atoms with Crippen molar-refractivity contribution in [2.75, 3.05) is 25.9 Å². The Morgan fingerprint density at radius 3 is 2.67 bits per heavy atom. The maximum Gasteiger partial charge on any atom is 0.272 e. The highest BCUT2D eigenvalue weighted by atomic mass is 32.2. The van der Waals surface area contributed by atoms with Crippen molar-refractivity contribution in [1.29, 1.82) is 0 Å². The van der Waals surface area contributed by atoms with Crippen molar-refractivity contribution in [2.45, 2.75) is 13.0 Å². The lowest BCUT2D eigenvalue weighted by Gasteiger charge is -2.27. The number of carbonyl (C=O) groups is 2. The number of benzene rings is 1. The van der Waals surface area contributed by atoms with Gasteiger partial charge in [-0.1, -0.05) is 18.2 Å². The molecular formula is C17H21N5O4S. The Balaban J connectivity index is 1.61. The number of aromatic amines is 1. The number of nitrogens with one attached hydrogen (secondary N) is 3. The Hall–Kier alpha value is -2.72. The molecule has 0 saturated heterocycles. The second-order valence-electron chi connectivity index (χ2n) is 6.29. The zero-order chi connectivity index (χ0) is 19.4. The van der Waals surface area contributed by atoms with Crippen LogP contribution in [0.2, 0.25) is 0 Å². The van der Waals surface area contributed by atoms with Gasteiger partial charge in [-0.05, 0) is 18.6 Å². The van der Waals surface area contributed by atoms with Crippen LogP contribution in [0.5, 0.6) is 0 Å². The Morgan fingerprint density at radius 2 is 1.96 bits per heavy atom. The molecule has 0 spiro atoms. The summed E-state index contributed by atoms with van der Waals surface area (Å²) in [6, 6.07) is 9.04. The number of hydrogen-bond acceptors (Lipinski definition) is 5. The summed E-state index contributed by atoms with van der Waals surface area (Å²) in [6.45, 7) is 1.12. The van der Waals surface area contributed by atoms with Gasteiger partial charge in [0.25, 0.3) is 11.8 Å². The first-order valence-electron chi connectivity index (χ1n) is 8.48. The number of sulfonamides is 1. The number of aromatic nitrogens is 2. The second kappa shape index (κ2) is 7.89. The molecule has 1 aromatic heterocycles. The van der Waals surface area contributed by atoms with E-state index in [1.807, 2.05) is 18.2 Å². The maximum absolute atomic E-state index is 12.6. The van der Waals surface area contributed by atoms with E-state index in [1.165, 1.54) is 0 Å². The van der Waals surface area contributed by atoms with E-state index in [1.54, 1.807) is 17.0 Å². The molecule has 0 atom stereocenters. The summed E-state index contributed by atoms with van der Waals surface area (Å²) >= 11 is 0. The highest BCUT2D eigenvalue weighted by molar-refractivity contribution is 7.88. The fourth-order valence-electron chi connectivity index (χ4n) is 2.94. The van der Waals surface area contributed by atoms with Crippen LogP contribution in [-0.4, -0.2) is 61.2 Å². The summed E-state index contributed by atoms with van der Waals surface area (Å²) in [7, 11) is -3.29.